The second-order valence-electron chi connectivity index (χ2n) is 5.88. The molecule has 0 aromatic carbocycles. The molecule has 2 unspecified atom stereocenters. The first kappa shape index (κ1) is 14.1. The molecule has 2 atom stereocenters. The molecule has 0 spiro atoms. The van der Waals surface area contributed by atoms with Crippen LogP contribution in [0.2, 0.25) is 0 Å². The Labute approximate surface area is 125 Å². The molecule has 2 bridgehead atoms. The Kier molecular flexibility index (Phi) is 4.46. The lowest BCUT2D eigenvalue weighted by Gasteiger charge is -2.38. The van der Waals surface area contributed by atoms with Crippen molar-refractivity contribution in [2.75, 3.05) is 17.7 Å². The summed E-state index contributed by atoms with van der Waals surface area (Å²) in [5, 5.41) is 4.79. The summed E-state index contributed by atoms with van der Waals surface area (Å²) in [6, 6.07) is 4.22. The van der Waals surface area contributed by atoms with Crippen LogP contribution in [0, 0.1) is 0 Å². The number of fused-ring (bicyclic) bond motifs is 2. The van der Waals surface area contributed by atoms with Gasteiger partial charge < -0.3 is 10.2 Å². The lowest BCUT2D eigenvalue weighted by Crippen LogP contribution is -2.49. The quantitative estimate of drug-likeness (QED) is 0.667. The van der Waals surface area contributed by atoms with Crippen molar-refractivity contribution in [2.45, 2.75) is 62.2 Å². The Bertz CT molecular complexity index is 441. The van der Waals surface area contributed by atoms with Crippen LogP contribution in [0.5, 0.6) is 0 Å². The SMILES string of the molecule is CCCN(c1cc(SC)ncn1)C1CC2CCC(C1)N2. The summed E-state index contributed by atoms with van der Waals surface area (Å²) >= 11 is 1.69. The zero-order valence-corrected chi connectivity index (χ0v) is 13.2. The van der Waals surface area contributed by atoms with Gasteiger partial charge in [-0.05, 0) is 38.4 Å². The molecule has 2 saturated heterocycles. The molecule has 2 aliphatic heterocycles. The third-order valence-corrected chi connectivity index (χ3v) is 5.13. The van der Waals surface area contributed by atoms with Gasteiger partial charge in [-0.2, -0.15) is 0 Å². The molecule has 0 amide bonds. The highest BCUT2D eigenvalue weighted by atomic mass is 32.2. The molecule has 2 fully saturated rings. The van der Waals surface area contributed by atoms with E-state index in [4.69, 9.17) is 0 Å². The fraction of sp³-hybridized carbons (Fsp3) is 0.733. The van der Waals surface area contributed by atoms with Crippen molar-refractivity contribution >= 4 is 17.6 Å². The molecule has 2 aliphatic rings. The Morgan fingerprint density at radius 2 is 2.05 bits per heavy atom. The van der Waals surface area contributed by atoms with E-state index >= 15 is 0 Å². The number of thioether (sulfide) groups is 1. The smallest absolute Gasteiger partial charge is 0.133 e. The van der Waals surface area contributed by atoms with Gasteiger partial charge in [-0.1, -0.05) is 6.92 Å². The fourth-order valence-electron chi connectivity index (χ4n) is 3.61. The fourth-order valence-corrected chi connectivity index (χ4v) is 3.98. The van der Waals surface area contributed by atoms with E-state index in [1.807, 2.05) is 0 Å². The van der Waals surface area contributed by atoms with E-state index < -0.39 is 0 Å². The topological polar surface area (TPSA) is 41.1 Å². The van der Waals surface area contributed by atoms with Crippen molar-refractivity contribution in [1.29, 1.82) is 0 Å². The maximum absolute atomic E-state index is 4.53. The normalized spacial score (nSPS) is 28.6. The largest absolute Gasteiger partial charge is 0.353 e. The molecular weight excluding hydrogens is 268 g/mol. The average Bonchev–Trinajstić information content (AvgIpc) is 2.83. The minimum Gasteiger partial charge on any atom is -0.353 e. The van der Waals surface area contributed by atoms with E-state index in [-0.39, 0.29) is 0 Å². The molecule has 1 aromatic rings. The van der Waals surface area contributed by atoms with E-state index in [0.717, 1.165) is 35.9 Å². The molecular formula is C15H24N4S. The van der Waals surface area contributed by atoms with Crippen molar-refractivity contribution in [1.82, 2.24) is 15.3 Å². The van der Waals surface area contributed by atoms with Crippen LogP contribution in [0.1, 0.15) is 39.0 Å². The van der Waals surface area contributed by atoms with Crippen molar-refractivity contribution in [3.05, 3.63) is 12.4 Å². The van der Waals surface area contributed by atoms with Crippen LogP contribution in [0.15, 0.2) is 17.4 Å². The van der Waals surface area contributed by atoms with E-state index in [9.17, 15) is 0 Å². The van der Waals surface area contributed by atoms with Gasteiger partial charge in [-0.3, -0.25) is 0 Å². The zero-order chi connectivity index (χ0) is 13.9. The zero-order valence-electron chi connectivity index (χ0n) is 12.4. The summed E-state index contributed by atoms with van der Waals surface area (Å²) in [6.07, 6.45) is 10.2. The van der Waals surface area contributed by atoms with Gasteiger partial charge in [0.1, 0.15) is 17.2 Å². The third kappa shape index (κ3) is 2.93. The Balaban J connectivity index is 1.80. The van der Waals surface area contributed by atoms with E-state index in [0.29, 0.717) is 6.04 Å². The van der Waals surface area contributed by atoms with Crippen LogP contribution < -0.4 is 10.2 Å². The maximum atomic E-state index is 4.53. The molecule has 0 radical (unpaired) electrons. The van der Waals surface area contributed by atoms with Crippen molar-refractivity contribution in [3.63, 3.8) is 0 Å². The van der Waals surface area contributed by atoms with Gasteiger partial charge in [0.15, 0.2) is 0 Å². The molecule has 1 aromatic heterocycles. The Morgan fingerprint density at radius 3 is 2.70 bits per heavy atom. The average molecular weight is 292 g/mol. The monoisotopic (exact) mass is 292 g/mol. The first-order valence-electron chi connectivity index (χ1n) is 7.69. The first-order chi connectivity index (χ1) is 9.80. The van der Waals surface area contributed by atoms with Crippen LogP contribution in [0.25, 0.3) is 0 Å². The highest BCUT2D eigenvalue weighted by Crippen LogP contribution is 2.32. The standard InChI is InChI=1S/C15H24N4S/c1-3-6-19(14-9-15(20-2)17-10-16-14)13-7-11-4-5-12(8-13)18-11/h9-13,18H,3-8H2,1-2H3. The molecule has 0 aliphatic carbocycles. The predicted octanol–water partition coefficient (Wildman–Crippen LogP) is 2.70. The highest BCUT2D eigenvalue weighted by Gasteiger charge is 2.36. The number of aromatic nitrogens is 2. The number of nitrogens with zero attached hydrogens (tertiary/aromatic N) is 3. The molecule has 110 valence electrons. The van der Waals surface area contributed by atoms with Crippen LogP contribution in [-0.2, 0) is 0 Å². The first-order valence-corrected chi connectivity index (χ1v) is 8.91. The minimum absolute atomic E-state index is 0.637. The number of hydrogen-bond donors (Lipinski definition) is 1. The van der Waals surface area contributed by atoms with Gasteiger partial charge in [0, 0.05) is 30.7 Å². The lowest BCUT2D eigenvalue weighted by molar-refractivity contribution is 0.345. The van der Waals surface area contributed by atoms with Gasteiger partial charge >= 0.3 is 0 Å². The highest BCUT2D eigenvalue weighted by molar-refractivity contribution is 7.98. The molecule has 20 heavy (non-hydrogen) atoms. The summed E-state index contributed by atoms with van der Waals surface area (Å²) in [6.45, 7) is 3.34. The van der Waals surface area contributed by atoms with E-state index in [2.05, 4.69) is 39.4 Å². The van der Waals surface area contributed by atoms with E-state index in [1.54, 1.807) is 18.1 Å². The third-order valence-electron chi connectivity index (χ3n) is 4.48. The summed E-state index contributed by atoms with van der Waals surface area (Å²) in [7, 11) is 0. The minimum atomic E-state index is 0.637. The number of anilines is 1. The van der Waals surface area contributed by atoms with Gasteiger partial charge in [0.2, 0.25) is 0 Å². The summed E-state index contributed by atoms with van der Waals surface area (Å²) in [5.74, 6) is 1.11. The van der Waals surface area contributed by atoms with Gasteiger partial charge in [0.05, 0.1) is 0 Å². The van der Waals surface area contributed by atoms with Crippen LogP contribution >= 0.6 is 11.8 Å². The predicted molar refractivity (Wildman–Crippen MR) is 84.4 cm³/mol. The second-order valence-corrected chi connectivity index (χ2v) is 6.70. The van der Waals surface area contributed by atoms with E-state index in [1.165, 1.54) is 25.7 Å². The Morgan fingerprint density at radius 1 is 1.30 bits per heavy atom. The summed E-state index contributed by atoms with van der Waals surface area (Å²) in [5.41, 5.74) is 0. The number of piperidine rings is 1. The van der Waals surface area contributed by atoms with Crippen molar-refractivity contribution in [3.8, 4) is 0 Å². The number of nitrogens with one attached hydrogen (secondary N) is 1. The molecule has 3 rings (SSSR count). The van der Waals surface area contributed by atoms with Crippen molar-refractivity contribution < 1.29 is 0 Å². The molecule has 1 N–H and O–H groups in total. The number of rotatable bonds is 5. The maximum Gasteiger partial charge on any atom is 0.133 e. The lowest BCUT2D eigenvalue weighted by atomic mass is 9.98. The van der Waals surface area contributed by atoms with Crippen LogP contribution in [-0.4, -0.2) is 40.9 Å². The molecule has 5 heteroatoms. The van der Waals surface area contributed by atoms with Crippen molar-refractivity contribution in [2.24, 2.45) is 0 Å². The number of hydrogen-bond acceptors (Lipinski definition) is 5. The second kappa shape index (κ2) is 6.31. The molecule has 0 saturated carbocycles. The van der Waals surface area contributed by atoms with Gasteiger partial charge in [-0.15, -0.1) is 11.8 Å². The Hall–Kier alpha value is -0.810. The van der Waals surface area contributed by atoms with Crippen LogP contribution in [0.4, 0.5) is 5.82 Å². The van der Waals surface area contributed by atoms with Crippen LogP contribution in [0.3, 0.4) is 0 Å². The summed E-state index contributed by atoms with van der Waals surface area (Å²) < 4.78 is 0. The summed E-state index contributed by atoms with van der Waals surface area (Å²) in [4.78, 5) is 11.4. The molecule has 4 nitrogen and oxygen atoms in total. The molecule has 3 heterocycles. The van der Waals surface area contributed by atoms with Gasteiger partial charge in [0.25, 0.3) is 0 Å². The van der Waals surface area contributed by atoms with Gasteiger partial charge in [-0.25, -0.2) is 9.97 Å².